The largest absolute Gasteiger partial charge is 0.481 e. The summed E-state index contributed by atoms with van der Waals surface area (Å²) in [7, 11) is 0. The van der Waals surface area contributed by atoms with E-state index >= 15 is 0 Å². The Kier molecular flexibility index (Phi) is 17.1. The van der Waals surface area contributed by atoms with E-state index < -0.39 is 17.9 Å². The van der Waals surface area contributed by atoms with Crippen molar-refractivity contribution in [2.75, 3.05) is 0 Å². The topological polar surface area (TPSA) is 74.6 Å². The third-order valence-corrected chi connectivity index (χ3v) is 4.52. The second-order valence-electron chi connectivity index (χ2n) is 6.94. The minimum Gasteiger partial charge on any atom is -0.481 e. The lowest BCUT2D eigenvalue weighted by Gasteiger charge is -2.06. The Morgan fingerprint density at radius 1 is 0.654 bits per heavy atom. The van der Waals surface area contributed by atoms with Crippen molar-refractivity contribution in [3.8, 4) is 0 Å². The number of hydrogen-bond donors (Lipinski definition) is 2. The molecule has 0 atom stereocenters. The number of carboxylic acids is 2. The van der Waals surface area contributed by atoms with Crippen LogP contribution in [0.5, 0.6) is 0 Å². The quantitative estimate of drug-likeness (QED) is 0.168. The van der Waals surface area contributed by atoms with Gasteiger partial charge < -0.3 is 10.2 Å². The summed E-state index contributed by atoms with van der Waals surface area (Å²) in [5, 5.41) is 17.6. The Labute approximate surface area is 159 Å². The summed E-state index contributed by atoms with van der Waals surface area (Å²) in [6.45, 7) is 2.24. The number of aliphatic carboxylic acids is 2. The number of rotatable bonds is 18. The average Bonchev–Trinajstić information content (AvgIpc) is 2.60. The molecule has 0 aromatic heterocycles. The van der Waals surface area contributed by atoms with Gasteiger partial charge in [-0.1, -0.05) is 76.2 Å². The molecule has 0 rings (SSSR count). The van der Waals surface area contributed by atoms with Crippen LogP contribution in [0, 0.1) is 5.92 Å². The fraction of sp³-hybridized carbons (Fsp3) is 0.727. The van der Waals surface area contributed by atoms with Crippen LogP contribution in [0.15, 0.2) is 24.3 Å². The summed E-state index contributed by atoms with van der Waals surface area (Å²) in [5.41, 5.74) is 0. The molecule has 0 saturated carbocycles. The van der Waals surface area contributed by atoms with Crippen LogP contribution < -0.4 is 0 Å². The molecule has 0 aliphatic carbocycles. The fourth-order valence-corrected chi connectivity index (χ4v) is 2.85. The van der Waals surface area contributed by atoms with Crippen molar-refractivity contribution in [1.29, 1.82) is 0 Å². The standard InChI is InChI=1S/C22H38O4/c1-2-3-4-5-6-7-8-9-10-11-12-13-14-15-16-17-18-19-20(21(23)24)22(25)26/h8-9,12-13,20H,2-7,10-11,14-19H2,1H3,(H,23,24)(H,25,26). The molecule has 0 aromatic carbocycles. The molecule has 0 spiro atoms. The minimum atomic E-state index is -1.25. The minimum absolute atomic E-state index is 0.228. The molecule has 0 radical (unpaired) electrons. The van der Waals surface area contributed by atoms with E-state index in [0.29, 0.717) is 6.42 Å². The van der Waals surface area contributed by atoms with Crippen molar-refractivity contribution < 1.29 is 19.8 Å². The van der Waals surface area contributed by atoms with Gasteiger partial charge in [-0.15, -0.1) is 0 Å². The zero-order chi connectivity index (χ0) is 19.5. The van der Waals surface area contributed by atoms with Crippen molar-refractivity contribution in [2.24, 2.45) is 5.92 Å². The Balaban J connectivity index is 3.41. The van der Waals surface area contributed by atoms with Crippen LogP contribution in [0.4, 0.5) is 0 Å². The Hall–Kier alpha value is -1.58. The highest BCUT2D eigenvalue weighted by Gasteiger charge is 2.24. The molecule has 0 aliphatic rings. The molecular weight excluding hydrogens is 328 g/mol. The van der Waals surface area contributed by atoms with Crippen LogP contribution in [-0.4, -0.2) is 22.2 Å². The number of unbranched alkanes of at least 4 members (excludes halogenated alkanes) is 10. The van der Waals surface area contributed by atoms with Crippen molar-refractivity contribution in [2.45, 2.75) is 96.8 Å². The number of carbonyl (C=O) groups is 2. The molecule has 150 valence electrons. The molecule has 0 aliphatic heterocycles. The van der Waals surface area contributed by atoms with Crippen LogP contribution in [-0.2, 0) is 9.59 Å². The lowest BCUT2D eigenvalue weighted by atomic mass is 10.0. The van der Waals surface area contributed by atoms with Gasteiger partial charge in [0, 0.05) is 0 Å². The normalized spacial score (nSPS) is 11.8. The second kappa shape index (κ2) is 18.2. The summed E-state index contributed by atoms with van der Waals surface area (Å²) >= 11 is 0. The van der Waals surface area contributed by atoms with E-state index in [1.807, 2.05) is 0 Å². The lowest BCUT2D eigenvalue weighted by Crippen LogP contribution is -2.23. The van der Waals surface area contributed by atoms with E-state index in [0.717, 1.165) is 38.5 Å². The molecule has 0 bridgehead atoms. The third-order valence-electron chi connectivity index (χ3n) is 4.52. The lowest BCUT2D eigenvalue weighted by molar-refractivity contribution is -0.154. The molecule has 4 nitrogen and oxygen atoms in total. The molecule has 0 fully saturated rings. The van der Waals surface area contributed by atoms with Gasteiger partial charge in [0.15, 0.2) is 5.92 Å². The first-order chi connectivity index (χ1) is 12.6. The number of allylic oxidation sites excluding steroid dienone is 4. The zero-order valence-corrected chi connectivity index (χ0v) is 16.5. The number of carboxylic acid groups (broad SMARTS) is 2. The molecule has 0 saturated heterocycles. The summed E-state index contributed by atoms with van der Waals surface area (Å²) < 4.78 is 0. The SMILES string of the molecule is CCCCCCCC=CCCC=CCCCCCCC(C(=O)O)C(=O)O. The Bertz CT molecular complexity index is 398. The zero-order valence-electron chi connectivity index (χ0n) is 16.5. The van der Waals surface area contributed by atoms with E-state index in [2.05, 4.69) is 31.2 Å². The molecule has 0 aromatic rings. The summed E-state index contributed by atoms with van der Waals surface area (Å²) in [4.78, 5) is 21.5. The highest BCUT2D eigenvalue weighted by atomic mass is 16.4. The maximum atomic E-state index is 10.7. The van der Waals surface area contributed by atoms with Crippen molar-refractivity contribution in [1.82, 2.24) is 0 Å². The average molecular weight is 367 g/mol. The second-order valence-corrected chi connectivity index (χ2v) is 6.94. The summed E-state index contributed by atoms with van der Waals surface area (Å²) in [5.74, 6) is -3.71. The van der Waals surface area contributed by atoms with Crippen molar-refractivity contribution in [3.05, 3.63) is 24.3 Å². The monoisotopic (exact) mass is 366 g/mol. The van der Waals surface area contributed by atoms with E-state index in [9.17, 15) is 9.59 Å². The van der Waals surface area contributed by atoms with Crippen LogP contribution in [0.25, 0.3) is 0 Å². The van der Waals surface area contributed by atoms with E-state index in [-0.39, 0.29) is 6.42 Å². The molecule has 26 heavy (non-hydrogen) atoms. The molecule has 0 unspecified atom stereocenters. The first kappa shape index (κ1) is 24.4. The predicted octanol–water partition coefficient (Wildman–Crippen LogP) is 6.37. The van der Waals surface area contributed by atoms with E-state index in [1.54, 1.807) is 0 Å². The predicted molar refractivity (Wildman–Crippen MR) is 107 cm³/mol. The highest BCUT2D eigenvalue weighted by molar-refractivity contribution is 5.92. The van der Waals surface area contributed by atoms with E-state index in [4.69, 9.17) is 10.2 Å². The third kappa shape index (κ3) is 15.9. The van der Waals surface area contributed by atoms with Gasteiger partial charge in [0.25, 0.3) is 0 Å². The van der Waals surface area contributed by atoms with Gasteiger partial charge in [-0.25, -0.2) is 0 Å². The Morgan fingerprint density at radius 3 is 1.54 bits per heavy atom. The number of hydrogen-bond acceptors (Lipinski definition) is 2. The maximum absolute atomic E-state index is 10.7. The molecule has 0 heterocycles. The Morgan fingerprint density at radius 2 is 1.08 bits per heavy atom. The first-order valence-electron chi connectivity index (χ1n) is 10.3. The van der Waals surface area contributed by atoms with Gasteiger partial charge in [0.2, 0.25) is 0 Å². The van der Waals surface area contributed by atoms with Crippen LogP contribution in [0.1, 0.15) is 96.8 Å². The van der Waals surface area contributed by atoms with Gasteiger partial charge in [0.1, 0.15) is 0 Å². The smallest absolute Gasteiger partial charge is 0.317 e. The van der Waals surface area contributed by atoms with Crippen LogP contribution in [0.2, 0.25) is 0 Å². The van der Waals surface area contributed by atoms with Gasteiger partial charge in [-0.3, -0.25) is 9.59 Å². The molecule has 4 heteroatoms. The fourth-order valence-electron chi connectivity index (χ4n) is 2.85. The summed E-state index contributed by atoms with van der Waals surface area (Å²) in [6.07, 6.45) is 24.1. The van der Waals surface area contributed by atoms with Gasteiger partial charge in [0.05, 0.1) is 0 Å². The highest BCUT2D eigenvalue weighted by Crippen LogP contribution is 2.13. The van der Waals surface area contributed by atoms with Gasteiger partial charge in [-0.2, -0.15) is 0 Å². The van der Waals surface area contributed by atoms with E-state index in [1.165, 1.54) is 38.5 Å². The van der Waals surface area contributed by atoms with Crippen molar-refractivity contribution in [3.63, 3.8) is 0 Å². The first-order valence-corrected chi connectivity index (χ1v) is 10.3. The molecular formula is C22H38O4. The van der Waals surface area contributed by atoms with Crippen LogP contribution in [0.3, 0.4) is 0 Å². The molecule has 0 amide bonds. The maximum Gasteiger partial charge on any atom is 0.317 e. The molecule has 2 N–H and O–H groups in total. The van der Waals surface area contributed by atoms with Crippen LogP contribution >= 0.6 is 0 Å². The van der Waals surface area contributed by atoms with Gasteiger partial charge >= 0.3 is 11.9 Å². The van der Waals surface area contributed by atoms with Crippen molar-refractivity contribution >= 4 is 11.9 Å². The van der Waals surface area contributed by atoms with Gasteiger partial charge in [-0.05, 0) is 44.9 Å². The summed E-state index contributed by atoms with van der Waals surface area (Å²) in [6, 6.07) is 0.